The lowest BCUT2D eigenvalue weighted by Crippen LogP contribution is -2.30. The molecular formula is C15H26N4. The summed E-state index contributed by atoms with van der Waals surface area (Å²) >= 11 is 0. The molecule has 2 bridgehead atoms. The summed E-state index contributed by atoms with van der Waals surface area (Å²) in [4.78, 5) is 2.38. The van der Waals surface area contributed by atoms with E-state index in [2.05, 4.69) is 24.0 Å². The Bertz CT molecular complexity index is 465. The predicted molar refractivity (Wildman–Crippen MR) is 78.0 cm³/mol. The number of fused-ring (bicyclic) bond motifs is 2. The van der Waals surface area contributed by atoms with Crippen molar-refractivity contribution in [3.63, 3.8) is 0 Å². The van der Waals surface area contributed by atoms with Crippen LogP contribution >= 0.6 is 0 Å². The highest BCUT2D eigenvalue weighted by Crippen LogP contribution is 2.48. The Kier molecular flexibility index (Phi) is 3.29. The molecule has 1 aromatic heterocycles. The molecule has 0 aromatic carbocycles. The van der Waals surface area contributed by atoms with Crippen LogP contribution in [0.1, 0.15) is 36.9 Å². The monoisotopic (exact) mass is 262 g/mol. The highest BCUT2D eigenvalue weighted by molar-refractivity contribution is 5.49. The van der Waals surface area contributed by atoms with E-state index in [1.54, 1.807) is 0 Å². The van der Waals surface area contributed by atoms with Crippen molar-refractivity contribution in [2.24, 2.45) is 30.5 Å². The third-order valence-corrected chi connectivity index (χ3v) is 5.27. The standard InChI is InChI=1S/C15H26N4/c1-10-14(8-16)15(19(3)17-10)18(2)9-13-7-11-4-5-12(13)6-11/h11-13H,4-9,16H2,1-3H3. The summed E-state index contributed by atoms with van der Waals surface area (Å²) in [5, 5.41) is 4.52. The maximum atomic E-state index is 5.89. The Balaban J connectivity index is 1.75. The van der Waals surface area contributed by atoms with Crippen LogP contribution in [-0.4, -0.2) is 23.4 Å². The van der Waals surface area contributed by atoms with Crippen molar-refractivity contribution >= 4 is 5.82 Å². The van der Waals surface area contributed by atoms with Crippen LogP contribution < -0.4 is 10.6 Å². The van der Waals surface area contributed by atoms with Gasteiger partial charge in [0.2, 0.25) is 0 Å². The molecule has 19 heavy (non-hydrogen) atoms. The normalized spacial score (nSPS) is 29.2. The Morgan fingerprint density at radius 1 is 1.37 bits per heavy atom. The quantitative estimate of drug-likeness (QED) is 0.903. The van der Waals surface area contributed by atoms with Crippen LogP contribution in [0.4, 0.5) is 5.82 Å². The third kappa shape index (κ3) is 2.16. The Hall–Kier alpha value is -1.03. The zero-order chi connectivity index (χ0) is 13.6. The van der Waals surface area contributed by atoms with Gasteiger partial charge in [-0.05, 0) is 43.9 Å². The topological polar surface area (TPSA) is 47.1 Å². The van der Waals surface area contributed by atoms with E-state index in [0.29, 0.717) is 6.54 Å². The molecule has 0 aliphatic heterocycles. The zero-order valence-corrected chi connectivity index (χ0v) is 12.4. The number of aryl methyl sites for hydroxylation is 2. The first-order valence-electron chi connectivity index (χ1n) is 7.53. The summed E-state index contributed by atoms with van der Waals surface area (Å²) in [5.41, 5.74) is 8.16. The predicted octanol–water partition coefficient (Wildman–Crippen LogP) is 2.06. The molecule has 3 unspecified atom stereocenters. The molecule has 2 aliphatic rings. The highest BCUT2D eigenvalue weighted by atomic mass is 15.4. The first-order chi connectivity index (χ1) is 9.10. The second kappa shape index (κ2) is 4.82. The molecule has 2 fully saturated rings. The van der Waals surface area contributed by atoms with Gasteiger partial charge in [-0.15, -0.1) is 0 Å². The lowest BCUT2D eigenvalue weighted by molar-refractivity contribution is 0.336. The SMILES string of the molecule is Cc1nn(C)c(N(C)CC2CC3CCC2C3)c1CN. The molecule has 2 aliphatic carbocycles. The lowest BCUT2D eigenvalue weighted by atomic mass is 9.88. The van der Waals surface area contributed by atoms with Gasteiger partial charge in [-0.1, -0.05) is 6.42 Å². The van der Waals surface area contributed by atoms with Gasteiger partial charge < -0.3 is 10.6 Å². The molecule has 1 aromatic rings. The van der Waals surface area contributed by atoms with E-state index in [1.807, 2.05) is 11.7 Å². The van der Waals surface area contributed by atoms with Gasteiger partial charge in [0, 0.05) is 32.7 Å². The summed E-state index contributed by atoms with van der Waals surface area (Å²) < 4.78 is 1.99. The molecule has 3 rings (SSSR count). The molecule has 4 nitrogen and oxygen atoms in total. The first-order valence-corrected chi connectivity index (χ1v) is 7.53. The minimum absolute atomic E-state index is 0.579. The molecule has 0 radical (unpaired) electrons. The van der Waals surface area contributed by atoms with Crippen molar-refractivity contribution in [1.29, 1.82) is 0 Å². The summed E-state index contributed by atoms with van der Waals surface area (Å²) in [5.74, 6) is 4.08. The van der Waals surface area contributed by atoms with Crippen LogP contribution in [0, 0.1) is 24.7 Å². The highest BCUT2D eigenvalue weighted by Gasteiger charge is 2.40. The van der Waals surface area contributed by atoms with Crippen molar-refractivity contribution in [1.82, 2.24) is 9.78 Å². The molecule has 0 spiro atoms. The van der Waals surface area contributed by atoms with Crippen molar-refractivity contribution in [3.8, 4) is 0 Å². The second-order valence-electron chi connectivity index (χ2n) is 6.53. The average molecular weight is 262 g/mol. The van der Waals surface area contributed by atoms with E-state index >= 15 is 0 Å². The summed E-state index contributed by atoms with van der Waals surface area (Å²) in [6.07, 6.45) is 5.84. The van der Waals surface area contributed by atoms with E-state index in [4.69, 9.17) is 5.73 Å². The van der Waals surface area contributed by atoms with E-state index in [0.717, 1.165) is 30.0 Å². The Morgan fingerprint density at radius 2 is 2.16 bits per heavy atom. The number of nitrogens with two attached hydrogens (primary N) is 1. The van der Waals surface area contributed by atoms with E-state index < -0.39 is 0 Å². The fourth-order valence-electron chi connectivity index (χ4n) is 4.44. The van der Waals surface area contributed by atoms with Crippen LogP contribution in [0.5, 0.6) is 0 Å². The van der Waals surface area contributed by atoms with Gasteiger partial charge in [0.1, 0.15) is 5.82 Å². The minimum atomic E-state index is 0.579. The van der Waals surface area contributed by atoms with Gasteiger partial charge in [0.05, 0.1) is 5.69 Å². The van der Waals surface area contributed by atoms with Gasteiger partial charge in [0.25, 0.3) is 0 Å². The van der Waals surface area contributed by atoms with Gasteiger partial charge in [-0.2, -0.15) is 5.10 Å². The summed E-state index contributed by atoms with van der Waals surface area (Å²) in [6, 6.07) is 0. The number of hydrogen-bond donors (Lipinski definition) is 1. The van der Waals surface area contributed by atoms with Crippen molar-refractivity contribution in [2.45, 2.75) is 39.2 Å². The third-order valence-electron chi connectivity index (χ3n) is 5.27. The van der Waals surface area contributed by atoms with Crippen molar-refractivity contribution < 1.29 is 0 Å². The van der Waals surface area contributed by atoms with Gasteiger partial charge in [-0.3, -0.25) is 4.68 Å². The van der Waals surface area contributed by atoms with Crippen molar-refractivity contribution in [3.05, 3.63) is 11.3 Å². The van der Waals surface area contributed by atoms with Crippen LogP contribution in [-0.2, 0) is 13.6 Å². The smallest absolute Gasteiger partial charge is 0.131 e. The number of rotatable bonds is 4. The fourth-order valence-corrected chi connectivity index (χ4v) is 4.44. The average Bonchev–Trinajstić information content (AvgIpc) is 3.02. The van der Waals surface area contributed by atoms with Crippen LogP contribution in [0.15, 0.2) is 0 Å². The molecule has 2 N–H and O–H groups in total. The molecule has 0 amide bonds. The largest absolute Gasteiger partial charge is 0.359 e. The van der Waals surface area contributed by atoms with Crippen LogP contribution in [0.25, 0.3) is 0 Å². The fraction of sp³-hybridized carbons (Fsp3) is 0.800. The van der Waals surface area contributed by atoms with Gasteiger partial charge >= 0.3 is 0 Å². The van der Waals surface area contributed by atoms with Crippen molar-refractivity contribution in [2.75, 3.05) is 18.5 Å². The van der Waals surface area contributed by atoms with Crippen LogP contribution in [0.2, 0.25) is 0 Å². The molecule has 3 atom stereocenters. The summed E-state index contributed by atoms with van der Waals surface area (Å²) in [7, 11) is 4.22. The summed E-state index contributed by atoms with van der Waals surface area (Å²) in [6.45, 7) is 3.79. The van der Waals surface area contributed by atoms with E-state index in [9.17, 15) is 0 Å². The maximum Gasteiger partial charge on any atom is 0.131 e. The maximum absolute atomic E-state index is 5.89. The molecule has 2 saturated carbocycles. The molecular weight excluding hydrogens is 236 g/mol. The molecule has 106 valence electrons. The Morgan fingerprint density at radius 3 is 2.74 bits per heavy atom. The lowest BCUT2D eigenvalue weighted by Gasteiger charge is -2.29. The second-order valence-corrected chi connectivity index (χ2v) is 6.53. The number of hydrogen-bond acceptors (Lipinski definition) is 3. The molecule has 4 heteroatoms. The first kappa shape index (κ1) is 13.0. The van der Waals surface area contributed by atoms with E-state index in [-0.39, 0.29) is 0 Å². The molecule has 1 heterocycles. The van der Waals surface area contributed by atoms with E-state index in [1.165, 1.54) is 37.1 Å². The number of anilines is 1. The van der Waals surface area contributed by atoms with Crippen LogP contribution in [0.3, 0.4) is 0 Å². The zero-order valence-electron chi connectivity index (χ0n) is 12.4. The Labute approximate surface area is 116 Å². The minimum Gasteiger partial charge on any atom is -0.359 e. The molecule has 0 saturated heterocycles. The van der Waals surface area contributed by atoms with Gasteiger partial charge in [0.15, 0.2) is 0 Å². The number of aromatic nitrogens is 2. The van der Waals surface area contributed by atoms with Gasteiger partial charge in [-0.25, -0.2) is 0 Å². The number of nitrogens with zero attached hydrogens (tertiary/aromatic N) is 3.